The van der Waals surface area contributed by atoms with Crippen LogP contribution in [0.4, 0.5) is 0 Å². The van der Waals surface area contributed by atoms with E-state index in [0.29, 0.717) is 11.5 Å². The number of rotatable bonds is 4. The van der Waals surface area contributed by atoms with Crippen LogP contribution in [0.3, 0.4) is 0 Å². The summed E-state index contributed by atoms with van der Waals surface area (Å²) >= 11 is 1.90. The van der Waals surface area contributed by atoms with Crippen LogP contribution in [0.1, 0.15) is 12.0 Å². The molecule has 5 heteroatoms. The van der Waals surface area contributed by atoms with E-state index in [4.69, 9.17) is 9.47 Å². The second-order valence-corrected chi connectivity index (χ2v) is 7.21. The summed E-state index contributed by atoms with van der Waals surface area (Å²) in [5.74, 6) is 2.08. The van der Waals surface area contributed by atoms with Gasteiger partial charge in [0.25, 0.3) is 0 Å². The summed E-state index contributed by atoms with van der Waals surface area (Å²) in [4.78, 5) is 15.5. The number of allylic oxidation sites excluding steroid dienone is 1. The normalized spacial score (nSPS) is 20.8. The van der Waals surface area contributed by atoms with Crippen molar-refractivity contribution in [3.63, 3.8) is 0 Å². The van der Waals surface area contributed by atoms with E-state index in [0.717, 1.165) is 37.6 Å². The smallest absolute Gasteiger partial charge is 0.337 e. The average molecular weight is 345 g/mol. The molecule has 0 radical (unpaired) electrons. The van der Waals surface area contributed by atoms with E-state index in [-0.39, 0.29) is 5.97 Å². The second kappa shape index (κ2) is 7.90. The summed E-state index contributed by atoms with van der Waals surface area (Å²) < 4.78 is 10.2. The lowest BCUT2D eigenvalue weighted by Gasteiger charge is -2.25. The maximum atomic E-state index is 11.7. The van der Waals surface area contributed by atoms with Crippen LogP contribution >= 0.6 is 11.8 Å². The molecule has 1 heterocycles. The molecule has 0 saturated carbocycles. The van der Waals surface area contributed by atoms with Gasteiger partial charge in [-0.05, 0) is 36.1 Å². The molecule has 0 fully saturated rings. The number of nitrogens with zero attached hydrogens (tertiary/aromatic N) is 1. The van der Waals surface area contributed by atoms with Crippen LogP contribution in [0.15, 0.2) is 46.9 Å². The van der Waals surface area contributed by atoms with Gasteiger partial charge in [0.1, 0.15) is 5.75 Å². The van der Waals surface area contributed by atoms with E-state index in [9.17, 15) is 4.79 Å². The first-order valence-corrected chi connectivity index (χ1v) is 9.17. The van der Waals surface area contributed by atoms with E-state index in [2.05, 4.69) is 29.2 Å². The molecule has 0 amide bonds. The van der Waals surface area contributed by atoms with E-state index >= 15 is 0 Å². The van der Waals surface area contributed by atoms with Crippen LogP contribution in [-0.4, -0.2) is 43.9 Å². The number of methoxy groups -OCH3 is 2. The number of carbonyl (C=O) groups is 1. The van der Waals surface area contributed by atoms with E-state index in [1.165, 1.54) is 17.6 Å². The molecular formula is C19H23NO3S. The number of carbonyl (C=O) groups excluding carboxylic acids is 1. The highest BCUT2D eigenvalue weighted by Crippen LogP contribution is 2.31. The largest absolute Gasteiger partial charge is 0.497 e. The molecule has 0 saturated heterocycles. The predicted molar refractivity (Wildman–Crippen MR) is 96.3 cm³/mol. The van der Waals surface area contributed by atoms with Gasteiger partial charge in [-0.2, -0.15) is 0 Å². The van der Waals surface area contributed by atoms with Crippen LogP contribution in [0, 0.1) is 5.92 Å². The summed E-state index contributed by atoms with van der Waals surface area (Å²) in [5.41, 5.74) is 1.99. The third-order valence-electron chi connectivity index (χ3n) is 4.39. The fraction of sp³-hybridized carbons (Fsp3) is 0.421. The Balaban J connectivity index is 1.70. The van der Waals surface area contributed by atoms with Gasteiger partial charge >= 0.3 is 5.97 Å². The summed E-state index contributed by atoms with van der Waals surface area (Å²) in [7, 11) is 3.13. The molecule has 3 rings (SSSR count). The van der Waals surface area contributed by atoms with Crippen LogP contribution in [-0.2, 0) is 16.1 Å². The van der Waals surface area contributed by atoms with Crippen molar-refractivity contribution in [3.8, 4) is 5.75 Å². The Kier molecular flexibility index (Phi) is 5.63. The number of hydrogen-bond acceptors (Lipinski definition) is 5. The van der Waals surface area contributed by atoms with Gasteiger partial charge in [-0.3, -0.25) is 4.90 Å². The summed E-state index contributed by atoms with van der Waals surface area (Å²) in [6.07, 6.45) is 6.95. The summed E-state index contributed by atoms with van der Waals surface area (Å²) in [6, 6.07) is 6.32. The fourth-order valence-corrected chi connectivity index (χ4v) is 4.21. The average Bonchev–Trinajstić information content (AvgIpc) is 2.82. The predicted octanol–water partition coefficient (Wildman–Crippen LogP) is 3.28. The Bertz CT molecular complexity index is 669. The molecule has 4 nitrogen and oxygen atoms in total. The molecule has 0 aromatic heterocycles. The van der Waals surface area contributed by atoms with Gasteiger partial charge in [0.2, 0.25) is 0 Å². The van der Waals surface area contributed by atoms with Crippen molar-refractivity contribution in [3.05, 3.63) is 47.6 Å². The summed E-state index contributed by atoms with van der Waals surface area (Å²) in [6.45, 7) is 2.91. The molecule has 0 spiro atoms. The van der Waals surface area contributed by atoms with E-state index in [1.54, 1.807) is 7.11 Å². The van der Waals surface area contributed by atoms with Crippen molar-refractivity contribution in [1.82, 2.24) is 4.90 Å². The van der Waals surface area contributed by atoms with Crippen LogP contribution < -0.4 is 4.74 Å². The highest BCUT2D eigenvalue weighted by Gasteiger charge is 2.20. The molecule has 1 aliphatic carbocycles. The number of fused-ring (bicyclic) bond motifs is 1. The minimum Gasteiger partial charge on any atom is -0.497 e. The lowest BCUT2D eigenvalue weighted by molar-refractivity contribution is -0.135. The standard InChI is InChI=1S/C19H23NO3S/c1-22-17-6-7-18-16(11-17)13-20(8-9-24-18)12-14-4-3-5-15(10-14)19(21)23-2/h3,5-7,10-11,14H,4,8-9,12-13H2,1-2H3. The lowest BCUT2D eigenvalue weighted by atomic mass is 9.95. The Hall–Kier alpha value is -1.72. The molecule has 1 aromatic rings. The van der Waals surface area contributed by atoms with Crippen molar-refractivity contribution < 1.29 is 14.3 Å². The van der Waals surface area contributed by atoms with Crippen molar-refractivity contribution in [2.75, 3.05) is 33.1 Å². The highest BCUT2D eigenvalue weighted by atomic mass is 32.2. The zero-order chi connectivity index (χ0) is 16.9. The monoisotopic (exact) mass is 345 g/mol. The number of benzene rings is 1. The second-order valence-electron chi connectivity index (χ2n) is 6.07. The topological polar surface area (TPSA) is 38.8 Å². The van der Waals surface area contributed by atoms with Gasteiger partial charge in [-0.1, -0.05) is 18.2 Å². The molecule has 0 bridgehead atoms. The molecule has 0 N–H and O–H groups in total. The van der Waals surface area contributed by atoms with Gasteiger partial charge in [0.05, 0.1) is 19.8 Å². The molecule has 2 aliphatic rings. The molecule has 1 unspecified atom stereocenters. The molecule has 1 aliphatic heterocycles. The first-order chi connectivity index (χ1) is 11.7. The lowest BCUT2D eigenvalue weighted by Crippen LogP contribution is -2.30. The Morgan fingerprint density at radius 2 is 2.25 bits per heavy atom. The first-order valence-electron chi connectivity index (χ1n) is 8.18. The minimum atomic E-state index is -0.252. The van der Waals surface area contributed by atoms with Crippen molar-refractivity contribution in [1.29, 1.82) is 0 Å². The molecule has 128 valence electrons. The van der Waals surface area contributed by atoms with Crippen LogP contribution in [0.5, 0.6) is 5.75 Å². The number of ether oxygens (including phenoxy) is 2. The maximum absolute atomic E-state index is 11.7. The molecule has 24 heavy (non-hydrogen) atoms. The number of esters is 1. The van der Waals surface area contributed by atoms with E-state index in [1.807, 2.05) is 23.9 Å². The Morgan fingerprint density at radius 1 is 1.38 bits per heavy atom. The zero-order valence-electron chi connectivity index (χ0n) is 14.2. The van der Waals surface area contributed by atoms with Gasteiger partial charge < -0.3 is 9.47 Å². The minimum absolute atomic E-state index is 0.252. The van der Waals surface area contributed by atoms with Crippen molar-refractivity contribution in [2.45, 2.75) is 17.9 Å². The third kappa shape index (κ3) is 4.02. The van der Waals surface area contributed by atoms with Crippen LogP contribution in [0.25, 0.3) is 0 Å². The maximum Gasteiger partial charge on any atom is 0.337 e. The van der Waals surface area contributed by atoms with Gasteiger partial charge in [0, 0.05) is 30.3 Å². The highest BCUT2D eigenvalue weighted by molar-refractivity contribution is 7.99. The molecule has 1 atom stereocenters. The quantitative estimate of drug-likeness (QED) is 0.783. The van der Waals surface area contributed by atoms with Gasteiger partial charge in [-0.15, -0.1) is 11.8 Å². The van der Waals surface area contributed by atoms with Gasteiger partial charge in [-0.25, -0.2) is 4.79 Å². The van der Waals surface area contributed by atoms with Gasteiger partial charge in [0.15, 0.2) is 0 Å². The SMILES string of the molecule is COC(=O)C1=CC(CN2CCSc3ccc(OC)cc3C2)CC=C1. The Morgan fingerprint density at radius 3 is 3.04 bits per heavy atom. The third-order valence-corrected chi connectivity index (χ3v) is 5.49. The summed E-state index contributed by atoms with van der Waals surface area (Å²) in [5, 5.41) is 0. The van der Waals surface area contributed by atoms with E-state index < -0.39 is 0 Å². The van der Waals surface area contributed by atoms with Crippen molar-refractivity contribution >= 4 is 17.7 Å². The number of thioether (sulfide) groups is 1. The zero-order valence-corrected chi connectivity index (χ0v) is 15.0. The van der Waals surface area contributed by atoms with Crippen molar-refractivity contribution in [2.24, 2.45) is 5.92 Å². The Labute approximate surface area is 147 Å². The molecular weight excluding hydrogens is 322 g/mol. The van der Waals surface area contributed by atoms with Crippen LogP contribution in [0.2, 0.25) is 0 Å². The fourth-order valence-electron chi connectivity index (χ4n) is 3.17. The first kappa shape index (κ1) is 17.1. The number of hydrogen-bond donors (Lipinski definition) is 0. The molecule has 1 aromatic carbocycles.